The van der Waals surface area contributed by atoms with E-state index in [1.165, 1.54) is 0 Å². The third-order valence-electron chi connectivity index (χ3n) is 2.73. The molecule has 1 fully saturated rings. The van der Waals surface area contributed by atoms with Gasteiger partial charge in [0.1, 0.15) is 5.02 Å². The van der Waals surface area contributed by atoms with Crippen molar-refractivity contribution in [3.05, 3.63) is 31.6 Å². The lowest BCUT2D eigenvalue weighted by molar-refractivity contribution is 0.247. The molecule has 1 atom stereocenters. The Hall–Kier alpha value is -1.11. The van der Waals surface area contributed by atoms with Gasteiger partial charge in [0.25, 0.3) is 5.56 Å². The Morgan fingerprint density at radius 3 is 2.81 bits per heavy atom. The first kappa shape index (κ1) is 11.4. The number of likely N-dealkylation sites (tertiary alicyclic amines) is 1. The molecule has 0 aromatic carbocycles. The molecule has 1 aromatic heterocycles. The summed E-state index contributed by atoms with van der Waals surface area (Å²) >= 11 is 5.81. The second-order valence-corrected chi connectivity index (χ2v) is 4.26. The van der Waals surface area contributed by atoms with Crippen molar-refractivity contribution in [1.29, 1.82) is 0 Å². The molecule has 0 aliphatic carbocycles. The summed E-state index contributed by atoms with van der Waals surface area (Å²) in [6.45, 7) is 1.26. The normalized spacial score (nSPS) is 21.5. The van der Waals surface area contributed by atoms with E-state index in [2.05, 4.69) is 9.97 Å². The van der Waals surface area contributed by atoms with E-state index in [-0.39, 0.29) is 11.2 Å². The molecule has 1 unspecified atom stereocenters. The zero-order valence-corrected chi connectivity index (χ0v) is 9.38. The second kappa shape index (κ2) is 4.40. The van der Waals surface area contributed by atoms with Gasteiger partial charge in [-0.3, -0.25) is 14.7 Å². The van der Waals surface area contributed by atoms with Crippen LogP contribution in [0.1, 0.15) is 18.5 Å². The molecule has 0 radical (unpaired) electrons. The van der Waals surface area contributed by atoms with Crippen LogP contribution in [-0.2, 0) is 6.54 Å². The fourth-order valence-electron chi connectivity index (χ4n) is 1.88. The number of rotatable bonds is 2. The minimum atomic E-state index is -0.562. The molecule has 1 aromatic rings. The SMILES string of the molecule is NC1CCCN1Cc1[nH]c(=O)[nH]c(=O)c1Cl. The maximum Gasteiger partial charge on any atom is 0.326 e. The van der Waals surface area contributed by atoms with E-state index in [0.29, 0.717) is 12.2 Å². The van der Waals surface area contributed by atoms with E-state index in [9.17, 15) is 9.59 Å². The smallest absolute Gasteiger partial charge is 0.316 e. The summed E-state index contributed by atoms with van der Waals surface area (Å²) in [6, 6.07) is 0. The number of hydrogen-bond donors (Lipinski definition) is 3. The minimum Gasteiger partial charge on any atom is -0.316 e. The van der Waals surface area contributed by atoms with Crippen molar-refractivity contribution in [2.75, 3.05) is 6.54 Å². The summed E-state index contributed by atoms with van der Waals surface area (Å²) in [6.07, 6.45) is 1.91. The molecule has 2 heterocycles. The number of aromatic amines is 2. The summed E-state index contributed by atoms with van der Waals surface area (Å²) in [7, 11) is 0. The van der Waals surface area contributed by atoms with Gasteiger partial charge in [-0.15, -0.1) is 0 Å². The lowest BCUT2D eigenvalue weighted by atomic mass is 10.3. The molecule has 1 aliphatic rings. The molecule has 4 N–H and O–H groups in total. The van der Waals surface area contributed by atoms with Crippen molar-refractivity contribution in [3.63, 3.8) is 0 Å². The molecule has 1 aliphatic heterocycles. The van der Waals surface area contributed by atoms with Crippen LogP contribution in [0.5, 0.6) is 0 Å². The van der Waals surface area contributed by atoms with Crippen LogP contribution in [0.25, 0.3) is 0 Å². The lowest BCUT2D eigenvalue weighted by Gasteiger charge is -2.20. The number of nitrogens with zero attached hydrogens (tertiary/aromatic N) is 1. The van der Waals surface area contributed by atoms with Crippen molar-refractivity contribution in [1.82, 2.24) is 14.9 Å². The van der Waals surface area contributed by atoms with Crippen LogP contribution in [0, 0.1) is 0 Å². The average Bonchev–Trinajstić information content (AvgIpc) is 2.60. The van der Waals surface area contributed by atoms with Gasteiger partial charge < -0.3 is 10.7 Å². The zero-order valence-electron chi connectivity index (χ0n) is 8.62. The quantitative estimate of drug-likeness (QED) is 0.660. The minimum absolute atomic E-state index is 0.0266. The predicted octanol–water partition coefficient (Wildman–Crippen LogP) is -0.403. The van der Waals surface area contributed by atoms with Gasteiger partial charge in [0.15, 0.2) is 0 Å². The Balaban J connectivity index is 2.27. The van der Waals surface area contributed by atoms with Crippen molar-refractivity contribution >= 4 is 11.6 Å². The van der Waals surface area contributed by atoms with Crippen LogP contribution in [-0.4, -0.2) is 27.6 Å². The maximum absolute atomic E-state index is 11.3. The highest BCUT2D eigenvalue weighted by Crippen LogP contribution is 2.17. The molecule has 6 nitrogen and oxygen atoms in total. The topological polar surface area (TPSA) is 95.0 Å². The molecular weight excluding hydrogens is 232 g/mol. The lowest BCUT2D eigenvalue weighted by Crippen LogP contribution is -2.37. The van der Waals surface area contributed by atoms with E-state index in [1.807, 2.05) is 4.90 Å². The molecular formula is C9H13ClN4O2. The number of nitrogens with one attached hydrogen (secondary N) is 2. The molecule has 2 rings (SSSR count). The van der Waals surface area contributed by atoms with Gasteiger partial charge in [-0.1, -0.05) is 11.6 Å². The zero-order chi connectivity index (χ0) is 11.7. The summed E-state index contributed by atoms with van der Waals surface area (Å²) in [5.74, 6) is 0. The van der Waals surface area contributed by atoms with E-state index in [0.717, 1.165) is 19.4 Å². The van der Waals surface area contributed by atoms with Crippen molar-refractivity contribution in [3.8, 4) is 0 Å². The Morgan fingerprint density at radius 2 is 2.19 bits per heavy atom. The van der Waals surface area contributed by atoms with Gasteiger partial charge >= 0.3 is 5.69 Å². The predicted molar refractivity (Wildman–Crippen MR) is 60.3 cm³/mol. The van der Waals surface area contributed by atoms with Crippen LogP contribution >= 0.6 is 11.6 Å². The Kier molecular flexibility index (Phi) is 3.13. The van der Waals surface area contributed by atoms with Crippen molar-refractivity contribution in [2.45, 2.75) is 25.6 Å². The molecule has 16 heavy (non-hydrogen) atoms. The maximum atomic E-state index is 11.3. The third kappa shape index (κ3) is 2.18. The van der Waals surface area contributed by atoms with E-state index < -0.39 is 11.2 Å². The fourth-order valence-corrected chi connectivity index (χ4v) is 2.03. The number of H-pyrrole nitrogens is 2. The first-order valence-electron chi connectivity index (χ1n) is 5.08. The number of halogens is 1. The van der Waals surface area contributed by atoms with Gasteiger partial charge in [-0.05, 0) is 12.8 Å². The van der Waals surface area contributed by atoms with Crippen LogP contribution in [0.3, 0.4) is 0 Å². The van der Waals surface area contributed by atoms with Crippen molar-refractivity contribution in [2.24, 2.45) is 5.73 Å². The van der Waals surface area contributed by atoms with Crippen LogP contribution < -0.4 is 17.0 Å². The molecule has 0 spiro atoms. The molecule has 0 amide bonds. The first-order valence-corrected chi connectivity index (χ1v) is 5.46. The summed E-state index contributed by atoms with van der Waals surface area (Å²) in [5, 5.41) is 0.0266. The van der Waals surface area contributed by atoms with E-state index >= 15 is 0 Å². The first-order chi connectivity index (χ1) is 7.58. The van der Waals surface area contributed by atoms with E-state index in [4.69, 9.17) is 17.3 Å². The summed E-state index contributed by atoms with van der Waals surface area (Å²) < 4.78 is 0. The van der Waals surface area contributed by atoms with Gasteiger partial charge in [0.2, 0.25) is 0 Å². The van der Waals surface area contributed by atoms with Crippen molar-refractivity contribution < 1.29 is 0 Å². The van der Waals surface area contributed by atoms with Gasteiger partial charge in [-0.2, -0.15) is 0 Å². The summed E-state index contributed by atoms with van der Waals surface area (Å²) in [5.41, 5.74) is 5.18. The Bertz CT molecular complexity index is 495. The van der Waals surface area contributed by atoms with Crippen LogP contribution in [0.4, 0.5) is 0 Å². The monoisotopic (exact) mass is 244 g/mol. The highest BCUT2D eigenvalue weighted by atomic mass is 35.5. The number of hydrogen-bond acceptors (Lipinski definition) is 4. The van der Waals surface area contributed by atoms with Crippen LogP contribution in [0.2, 0.25) is 5.02 Å². The third-order valence-corrected chi connectivity index (χ3v) is 3.13. The molecule has 0 saturated carbocycles. The van der Waals surface area contributed by atoms with Gasteiger partial charge in [0.05, 0.1) is 11.9 Å². The second-order valence-electron chi connectivity index (χ2n) is 3.88. The largest absolute Gasteiger partial charge is 0.326 e. The molecule has 0 bridgehead atoms. The van der Waals surface area contributed by atoms with Gasteiger partial charge in [-0.25, -0.2) is 4.79 Å². The highest BCUT2D eigenvalue weighted by Gasteiger charge is 2.22. The average molecular weight is 245 g/mol. The molecule has 7 heteroatoms. The molecule has 1 saturated heterocycles. The summed E-state index contributed by atoms with van der Waals surface area (Å²) in [4.78, 5) is 28.9. The Labute approximate surface area is 96.4 Å². The molecule has 88 valence electrons. The number of aromatic nitrogens is 2. The van der Waals surface area contributed by atoms with E-state index in [1.54, 1.807) is 0 Å². The number of nitrogens with two attached hydrogens (primary N) is 1. The highest BCUT2D eigenvalue weighted by molar-refractivity contribution is 6.30. The Morgan fingerprint density at radius 1 is 1.44 bits per heavy atom. The fraction of sp³-hybridized carbons (Fsp3) is 0.556. The van der Waals surface area contributed by atoms with Crippen LogP contribution in [0.15, 0.2) is 9.59 Å². The van der Waals surface area contributed by atoms with Gasteiger partial charge in [0, 0.05) is 13.1 Å². The standard InChI is InChI=1S/C9H13ClN4O2/c10-7-5(12-9(16)13-8(7)15)4-14-3-1-2-6(14)11/h6H,1-4,11H2,(H2,12,13,15,16).